The minimum absolute atomic E-state index is 0.0197. The fourth-order valence-corrected chi connectivity index (χ4v) is 1.04. The normalized spacial score (nSPS) is 23.6. The summed E-state index contributed by atoms with van der Waals surface area (Å²) in [6, 6.07) is 0. The first-order chi connectivity index (χ1) is 5.77. The number of carbonyl (C=O) groups is 1. The van der Waals surface area contributed by atoms with Crippen molar-refractivity contribution in [3.05, 3.63) is 36.2 Å². The molecular weight excluding hydrogens is 152 g/mol. The monoisotopic (exact) mass is 164 g/mol. The molecule has 0 spiro atoms. The standard InChI is InChI=1S/C9H12N2O/c1-3-5-8-7(4-2)10-6-9(12)11-8/h3-5,10H,1,6H2,2H3,(H,11,12)/b7-4+,8-5+. The van der Waals surface area contributed by atoms with Gasteiger partial charge in [0.05, 0.1) is 17.9 Å². The van der Waals surface area contributed by atoms with Crippen molar-refractivity contribution in [1.82, 2.24) is 10.6 Å². The Balaban J connectivity index is 2.85. The van der Waals surface area contributed by atoms with Crippen molar-refractivity contribution in [2.45, 2.75) is 6.92 Å². The highest BCUT2D eigenvalue weighted by atomic mass is 16.2. The minimum atomic E-state index is -0.0197. The van der Waals surface area contributed by atoms with E-state index in [2.05, 4.69) is 17.2 Å². The van der Waals surface area contributed by atoms with E-state index in [1.54, 1.807) is 12.2 Å². The zero-order chi connectivity index (χ0) is 8.97. The zero-order valence-electron chi connectivity index (χ0n) is 7.05. The van der Waals surface area contributed by atoms with Gasteiger partial charge in [0.15, 0.2) is 0 Å². The lowest BCUT2D eigenvalue weighted by Crippen LogP contribution is -2.41. The molecule has 2 N–H and O–H groups in total. The first-order valence-electron chi connectivity index (χ1n) is 3.81. The van der Waals surface area contributed by atoms with Crippen LogP contribution in [0.1, 0.15) is 6.92 Å². The van der Waals surface area contributed by atoms with E-state index in [9.17, 15) is 4.79 Å². The molecule has 0 radical (unpaired) electrons. The summed E-state index contributed by atoms with van der Waals surface area (Å²) in [5, 5.41) is 5.72. The number of nitrogens with one attached hydrogen (secondary N) is 2. The average Bonchev–Trinajstić information content (AvgIpc) is 2.05. The number of amides is 1. The molecule has 1 fully saturated rings. The molecule has 1 rings (SSSR count). The van der Waals surface area contributed by atoms with Crippen LogP contribution in [-0.2, 0) is 4.79 Å². The second-order valence-electron chi connectivity index (χ2n) is 2.42. The molecule has 0 aromatic carbocycles. The third-order valence-electron chi connectivity index (χ3n) is 1.58. The van der Waals surface area contributed by atoms with E-state index in [0.717, 1.165) is 11.4 Å². The molecule has 0 aromatic rings. The Morgan fingerprint density at radius 2 is 2.25 bits per heavy atom. The molecule has 1 aliphatic rings. The van der Waals surface area contributed by atoms with Crippen LogP contribution in [0.2, 0.25) is 0 Å². The van der Waals surface area contributed by atoms with E-state index in [4.69, 9.17) is 0 Å². The van der Waals surface area contributed by atoms with Crippen molar-refractivity contribution in [1.29, 1.82) is 0 Å². The van der Waals surface area contributed by atoms with Gasteiger partial charge in [-0.25, -0.2) is 0 Å². The summed E-state index contributed by atoms with van der Waals surface area (Å²) < 4.78 is 0. The van der Waals surface area contributed by atoms with Crippen LogP contribution in [-0.4, -0.2) is 12.5 Å². The van der Waals surface area contributed by atoms with Crippen LogP contribution in [0.4, 0.5) is 0 Å². The quantitative estimate of drug-likeness (QED) is 0.598. The van der Waals surface area contributed by atoms with Gasteiger partial charge in [-0.2, -0.15) is 0 Å². The van der Waals surface area contributed by atoms with E-state index >= 15 is 0 Å². The van der Waals surface area contributed by atoms with Crippen LogP contribution in [0.15, 0.2) is 36.2 Å². The van der Waals surface area contributed by atoms with Gasteiger partial charge in [0.2, 0.25) is 5.91 Å². The second kappa shape index (κ2) is 3.76. The van der Waals surface area contributed by atoms with Crippen molar-refractivity contribution in [3.8, 4) is 0 Å². The van der Waals surface area contributed by atoms with Gasteiger partial charge >= 0.3 is 0 Å². The highest BCUT2D eigenvalue weighted by molar-refractivity contribution is 5.82. The highest BCUT2D eigenvalue weighted by Crippen LogP contribution is 2.06. The van der Waals surface area contributed by atoms with Crippen LogP contribution in [0.5, 0.6) is 0 Å². The molecule has 64 valence electrons. The lowest BCUT2D eigenvalue weighted by atomic mass is 10.2. The Morgan fingerprint density at radius 3 is 2.83 bits per heavy atom. The van der Waals surface area contributed by atoms with Crippen LogP contribution >= 0.6 is 0 Å². The SMILES string of the molecule is C=C/C=C1/NC(=O)CN/C1=C/C. The van der Waals surface area contributed by atoms with Gasteiger partial charge in [-0.05, 0) is 13.0 Å². The van der Waals surface area contributed by atoms with Crippen molar-refractivity contribution < 1.29 is 4.79 Å². The maximum atomic E-state index is 10.9. The van der Waals surface area contributed by atoms with Crippen molar-refractivity contribution in [2.24, 2.45) is 0 Å². The van der Waals surface area contributed by atoms with Crippen molar-refractivity contribution in [3.63, 3.8) is 0 Å². The predicted molar refractivity (Wildman–Crippen MR) is 48.2 cm³/mol. The second-order valence-corrected chi connectivity index (χ2v) is 2.42. The largest absolute Gasteiger partial charge is 0.375 e. The first-order valence-corrected chi connectivity index (χ1v) is 3.81. The summed E-state index contributed by atoms with van der Waals surface area (Å²) in [5.74, 6) is -0.0197. The van der Waals surface area contributed by atoms with Gasteiger partial charge in [-0.15, -0.1) is 0 Å². The molecule has 1 heterocycles. The van der Waals surface area contributed by atoms with E-state index in [1.165, 1.54) is 0 Å². The highest BCUT2D eigenvalue weighted by Gasteiger charge is 2.14. The molecule has 0 bridgehead atoms. The smallest absolute Gasteiger partial charge is 0.243 e. The summed E-state index contributed by atoms with van der Waals surface area (Å²) in [6.45, 7) is 5.82. The Kier molecular flexibility index (Phi) is 2.69. The summed E-state index contributed by atoms with van der Waals surface area (Å²) in [4.78, 5) is 10.9. The number of hydrogen-bond acceptors (Lipinski definition) is 2. The van der Waals surface area contributed by atoms with E-state index < -0.39 is 0 Å². The molecular formula is C9H12N2O. The third-order valence-corrected chi connectivity index (χ3v) is 1.58. The number of hydrogen-bond donors (Lipinski definition) is 2. The van der Waals surface area contributed by atoms with Gasteiger partial charge in [0.1, 0.15) is 0 Å². The minimum Gasteiger partial charge on any atom is -0.375 e. The fraction of sp³-hybridized carbons (Fsp3) is 0.222. The van der Waals surface area contributed by atoms with Gasteiger partial charge in [-0.1, -0.05) is 18.7 Å². The van der Waals surface area contributed by atoms with Crippen LogP contribution in [0.25, 0.3) is 0 Å². The summed E-state index contributed by atoms with van der Waals surface area (Å²) in [7, 11) is 0. The van der Waals surface area contributed by atoms with Gasteiger partial charge in [0.25, 0.3) is 0 Å². The van der Waals surface area contributed by atoms with Crippen molar-refractivity contribution >= 4 is 5.91 Å². The Labute approximate surface area is 71.8 Å². The Hall–Kier alpha value is -1.51. The summed E-state index contributed by atoms with van der Waals surface area (Å²) in [6.07, 6.45) is 5.32. The van der Waals surface area contributed by atoms with Gasteiger partial charge in [0, 0.05) is 0 Å². The lowest BCUT2D eigenvalue weighted by molar-refractivity contribution is -0.119. The number of rotatable bonds is 1. The molecule has 0 atom stereocenters. The lowest BCUT2D eigenvalue weighted by Gasteiger charge is -2.20. The van der Waals surface area contributed by atoms with E-state index in [1.807, 2.05) is 13.0 Å². The molecule has 12 heavy (non-hydrogen) atoms. The van der Waals surface area contributed by atoms with E-state index in [0.29, 0.717) is 6.54 Å². The number of allylic oxidation sites excluding steroid dienone is 3. The number of carbonyl (C=O) groups excluding carboxylic acids is 1. The number of piperazine rings is 1. The van der Waals surface area contributed by atoms with Crippen LogP contribution in [0, 0.1) is 0 Å². The summed E-state index contributed by atoms with van der Waals surface area (Å²) >= 11 is 0. The average molecular weight is 164 g/mol. The van der Waals surface area contributed by atoms with Crippen molar-refractivity contribution in [2.75, 3.05) is 6.54 Å². The maximum Gasteiger partial charge on any atom is 0.243 e. The maximum absolute atomic E-state index is 10.9. The Morgan fingerprint density at radius 1 is 1.50 bits per heavy atom. The Bertz CT molecular complexity index is 264. The van der Waals surface area contributed by atoms with Gasteiger partial charge in [-0.3, -0.25) is 4.79 Å². The molecule has 0 saturated carbocycles. The van der Waals surface area contributed by atoms with Crippen LogP contribution in [0.3, 0.4) is 0 Å². The molecule has 0 unspecified atom stereocenters. The fourth-order valence-electron chi connectivity index (χ4n) is 1.04. The van der Waals surface area contributed by atoms with Crippen LogP contribution < -0.4 is 10.6 Å². The first kappa shape index (κ1) is 8.59. The van der Waals surface area contributed by atoms with Gasteiger partial charge < -0.3 is 10.6 Å². The molecule has 1 aliphatic heterocycles. The molecule has 0 aromatic heterocycles. The molecule has 0 aliphatic carbocycles. The third kappa shape index (κ3) is 1.75. The molecule has 1 saturated heterocycles. The topological polar surface area (TPSA) is 41.1 Å². The predicted octanol–water partition coefficient (Wildman–Crippen LogP) is 0.679. The zero-order valence-corrected chi connectivity index (χ0v) is 7.05. The molecule has 1 amide bonds. The molecule has 3 nitrogen and oxygen atoms in total. The summed E-state index contributed by atoms with van der Waals surface area (Å²) in [5.41, 5.74) is 1.72. The molecule has 3 heteroatoms. The van der Waals surface area contributed by atoms with E-state index in [-0.39, 0.29) is 5.91 Å².